The lowest BCUT2D eigenvalue weighted by Gasteiger charge is -2.13. The molecule has 0 aliphatic carbocycles. The van der Waals surface area contributed by atoms with E-state index in [-0.39, 0.29) is 0 Å². The molecule has 0 fully saturated rings. The molecule has 2 aromatic carbocycles. The third-order valence-corrected chi connectivity index (χ3v) is 4.84. The van der Waals surface area contributed by atoms with E-state index in [1.165, 1.54) is 16.5 Å². The van der Waals surface area contributed by atoms with E-state index in [9.17, 15) is 0 Å². The Morgan fingerprint density at radius 3 is 2.57 bits per heavy atom. The summed E-state index contributed by atoms with van der Waals surface area (Å²) in [7, 11) is 2.00. The number of rotatable bonds is 4. The highest BCUT2D eigenvalue weighted by atomic mass is 79.9. The average Bonchev–Trinajstić information content (AvgIpc) is 2.83. The molecule has 0 saturated heterocycles. The first-order chi connectivity index (χ1) is 10.2. The maximum absolute atomic E-state index is 5.97. The van der Waals surface area contributed by atoms with E-state index in [1.807, 2.05) is 23.9 Å². The van der Waals surface area contributed by atoms with E-state index in [0.717, 1.165) is 22.5 Å². The first-order valence-electron chi connectivity index (χ1n) is 6.91. The summed E-state index contributed by atoms with van der Waals surface area (Å²) in [5.74, 6) is 0.389. The van der Waals surface area contributed by atoms with E-state index in [4.69, 9.17) is 16.7 Å². The zero-order valence-electron chi connectivity index (χ0n) is 11.8. The fourth-order valence-electron chi connectivity index (χ4n) is 2.67. The largest absolute Gasteiger partial charge is 0.268 e. The van der Waals surface area contributed by atoms with Crippen molar-refractivity contribution in [2.75, 3.05) is 5.33 Å². The number of hydrogen-bond acceptors (Lipinski definition) is 1. The lowest BCUT2D eigenvalue weighted by molar-refractivity contribution is 0.712. The second-order valence-electron chi connectivity index (χ2n) is 5.19. The third-order valence-electron chi connectivity index (χ3n) is 3.80. The van der Waals surface area contributed by atoms with Gasteiger partial charge in [-0.2, -0.15) is 5.10 Å². The first kappa shape index (κ1) is 14.6. The number of fused-ring (bicyclic) bond motifs is 1. The normalized spacial score (nSPS) is 12.7. The van der Waals surface area contributed by atoms with Crippen molar-refractivity contribution in [2.24, 2.45) is 7.05 Å². The Hall–Kier alpha value is -1.32. The molecule has 0 N–H and O–H groups in total. The number of aryl methyl sites for hydroxylation is 1. The van der Waals surface area contributed by atoms with Gasteiger partial charge < -0.3 is 0 Å². The number of halogens is 2. The predicted octanol–water partition coefficient (Wildman–Crippen LogP) is 4.95. The summed E-state index contributed by atoms with van der Waals surface area (Å²) >= 11 is 9.61. The van der Waals surface area contributed by atoms with E-state index >= 15 is 0 Å². The number of aromatic nitrogens is 2. The van der Waals surface area contributed by atoms with Crippen LogP contribution in [0.25, 0.3) is 10.9 Å². The summed E-state index contributed by atoms with van der Waals surface area (Å²) in [6, 6.07) is 16.5. The molecule has 0 saturated carbocycles. The lowest BCUT2D eigenvalue weighted by Crippen LogP contribution is -2.05. The van der Waals surface area contributed by atoms with Gasteiger partial charge in [0.1, 0.15) is 0 Å². The molecule has 2 nitrogen and oxygen atoms in total. The summed E-state index contributed by atoms with van der Waals surface area (Å²) in [6.45, 7) is 0. The van der Waals surface area contributed by atoms with Crippen molar-refractivity contribution in [2.45, 2.75) is 12.3 Å². The molecular weight excluding hydrogens is 348 g/mol. The number of alkyl halides is 1. The van der Waals surface area contributed by atoms with Gasteiger partial charge >= 0.3 is 0 Å². The molecule has 1 heterocycles. The maximum atomic E-state index is 5.97. The molecule has 1 atom stereocenters. The standard InChI is InChI=1S/C17H16BrClN2/c1-21-17-5-3-2-4-15(17)16(20-21)10-13(11-18)12-6-8-14(19)9-7-12/h2-9,13H,10-11H2,1H3. The van der Waals surface area contributed by atoms with Crippen LogP contribution in [0.4, 0.5) is 0 Å². The molecule has 1 aromatic heterocycles. The van der Waals surface area contributed by atoms with Crippen LogP contribution in [-0.4, -0.2) is 15.1 Å². The third kappa shape index (κ3) is 2.99. The fraction of sp³-hybridized carbons (Fsp3) is 0.235. The van der Waals surface area contributed by atoms with Crippen LogP contribution in [0.15, 0.2) is 48.5 Å². The van der Waals surface area contributed by atoms with Crippen molar-refractivity contribution < 1.29 is 0 Å². The molecule has 0 bridgehead atoms. The molecule has 0 radical (unpaired) electrons. The Labute approximate surface area is 137 Å². The van der Waals surface area contributed by atoms with Crippen LogP contribution < -0.4 is 0 Å². The molecular formula is C17H16BrClN2. The molecule has 0 aliphatic heterocycles. The Morgan fingerprint density at radius 2 is 1.86 bits per heavy atom. The summed E-state index contributed by atoms with van der Waals surface area (Å²) in [5, 5.41) is 7.60. The smallest absolute Gasteiger partial charge is 0.0709 e. The van der Waals surface area contributed by atoms with Crippen molar-refractivity contribution >= 4 is 38.4 Å². The highest BCUT2D eigenvalue weighted by molar-refractivity contribution is 9.09. The minimum absolute atomic E-state index is 0.389. The van der Waals surface area contributed by atoms with Crippen LogP contribution in [0.3, 0.4) is 0 Å². The van der Waals surface area contributed by atoms with Crippen LogP contribution in [-0.2, 0) is 13.5 Å². The van der Waals surface area contributed by atoms with Gasteiger partial charge in [-0.15, -0.1) is 0 Å². The van der Waals surface area contributed by atoms with Crippen molar-refractivity contribution in [1.29, 1.82) is 0 Å². The van der Waals surface area contributed by atoms with Gasteiger partial charge in [-0.3, -0.25) is 4.68 Å². The van der Waals surface area contributed by atoms with Crippen molar-refractivity contribution in [3.8, 4) is 0 Å². The van der Waals surface area contributed by atoms with Crippen molar-refractivity contribution in [3.63, 3.8) is 0 Å². The average molecular weight is 364 g/mol. The molecule has 0 amide bonds. The Balaban J connectivity index is 1.94. The van der Waals surface area contributed by atoms with Gasteiger partial charge in [-0.05, 0) is 36.1 Å². The van der Waals surface area contributed by atoms with Gasteiger partial charge in [-0.1, -0.05) is 57.9 Å². The van der Waals surface area contributed by atoms with Gasteiger partial charge in [0.05, 0.1) is 11.2 Å². The second-order valence-corrected chi connectivity index (χ2v) is 6.28. The van der Waals surface area contributed by atoms with Crippen LogP contribution in [0, 0.1) is 0 Å². The monoisotopic (exact) mass is 362 g/mol. The summed E-state index contributed by atoms with van der Waals surface area (Å²) in [6.07, 6.45) is 0.911. The maximum Gasteiger partial charge on any atom is 0.0709 e. The minimum Gasteiger partial charge on any atom is -0.268 e. The molecule has 108 valence electrons. The zero-order chi connectivity index (χ0) is 14.8. The minimum atomic E-state index is 0.389. The zero-order valence-corrected chi connectivity index (χ0v) is 14.1. The SMILES string of the molecule is Cn1nc(CC(CBr)c2ccc(Cl)cc2)c2ccccc21. The number of para-hydroxylation sites is 1. The summed E-state index contributed by atoms with van der Waals surface area (Å²) in [4.78, 5) is 0. The van der Waals surface area contributed by atoms with Crippen LogP contribution >= 0.6 is 27.5 Å². The molecule has 4 heteroatoms. The Morgan fingerprint density at radius 1 is 1.14 bits per heavy atom. The molecule has 21 heavy (non-hydrogen) atoms. The number of nitrogens with zero attached hydrogens (tertiary/aromatic N) is 2. The second kappa shape index (κ2) is 6.20. The first-order valence-corrected chi connectivity index (χ1v) is 8.41. The van der Waals surface area contributed by atoms with Gasteiger partial charge in [-0.25, -0.2) is 0 Å². The quantitative estimate of drug-likeness (QED) is 0.600. The Kier molecular flexibility index (Phi) is 4.32. The molecule has 1 unspecified atom stereocenters. The molecule has 3 rings (SSSR count). The predicted molar refractivity (Wildman–Crippen MR) is 92.4 cm³/mol. The lowest BCUT2D eigenvalue weighted by atomic mass is 9.95. The van der Waals surface area contributed by atoms with E-state index < -0.39 is 0 Å². The van der Waals surface area contributed by atoms with Crippen LogP contribution in [0.5, 0.6) is 0 Å². The Bertz CT molecular complexity index is 749. The van der Waals surface area contributed by atoms with Crippen molar-refractivity contribution in [3.05, 3.63) is 64.8 Å². The fourth-order valence-corrected chi connectivity index (χ4v) is 3.40. The van der Waals surface area contributed by atoms with E-state index in [2.05, 4.69) is 52.3 Å². The van der Waals surface area contributed by atoms with Crippen molar-refractivity contribution in [1.82, 2.24) is 9.78 Å². The van der Waals surface area contributed by atoms with Gasteiger partial charge in [0.25, 0.3) is 0 Å². The molecule has 0 spiro atoms. The van der Waals surface area contributed by atoms with Crippen LogP contribution in [0.1, 0.15) is 17.2 Å². The molecule has 3 aromatic rings. The van der Waals surface area contributed by atoms with E-state index in [1.54, 1.807) is 0 Å². The van der Waals surface area contributed by atoms with Gasteiger partial charge in [0.15, 0.2) is 0 Å². The number of hydrogen-bond donors (Lipinski definition) is 0. The molecule has 0 aliphatic rings. The summed E-state index contributed by atoms with van der Waals surface area (Å²) in [5.41, 5.74) is 3.61. The van der Waals surface area contributed by atoms with Gasteiger partial charge in [0, 0.05) is 22.8 Å². The van der Waals surface area contributed by atoms with E-state index in [0.29, 0.717) is 5.92 Å². The number of benzene rings is 2. The topological polar surface area (TPSA) is 17.8 Å². The highest BCUT2D eigenvalue weighted by Gasteiger charge is 2.16. The van der Waals surface area contributed by atoms with Gasteiger partial charge in [0.2, 0.25) is 0 Å². The summed E-state index contributed by atoms with van der Waals surface area (Å²) < 4.78 is 1.96. The highest BCUT2D eigenvalue weighted by Crippen LogP contribution is 2.27. The van der Waals surface area contributed by atoms with Crippen LogP contribution in [0.2, 0.25) is 5.02 Å².